The average Bonchev–Trinajstić information content (AvgIpc) is 3.03. The average molecular weight is 242 g/mol. The van der Waals surface area contributed by atoms with E-state index in [1.165, 1.54) is 12.8 Å². The fourth-order valence-corrected chi connectivity index (χ4v) is 2.00. The summed E-state index contributed by atoms with van der Waals surface area (Å²) in [5.41, 5.74) is 0. The molecular formula is C13H26N2O2. The molecule has 4 nitrogen and oxygen atoms in total. The number of hydrogen-bond donors (Lipinski definition) is 3. The lowest BCUT2D eigenvalue weighted by Crippen LogP contribution is -2.42. The molecular weight excluding hydrogens is 216 g/mol. The van der Waals surface area contributed by atoms with Crippen molar-refractivity contribution in [3.05, 3.63) is 0 Å². The number of aliphatic hydroxyl groups is 1. The molecule has 0 spiro atoms. The van der Waals surface area contributed by atoms with Crippen LogP contribution in [0.2, 0.25) is 0 Å². The molecule has 4 unspecified atom stereocenters. The maximum absolute atomic E-state index is 11.5. The Bertz CT molecular complexity index is 246. The number of urea groups is 1. The predicted molar refractivity (Wildman–Crippen MR) is 68.8 cm³/mol. The van der Waals surface area contributed by atoms with Gasteiger partial charge in [0.15, 0.2) is 0 Å². The van der Waals surface area contributed by atoms with E-state index in [1.54, 1.807) is 0 Å². The van der Waals surface area contributed by atoms with Crippen LogP contribution in [0.5, 0.6) is 0 Å². The van der Waals surface area contributed by atoms with Gasteiger partial charge < -0.3 is 15.7 Å². The Morgan fingerprint density at radius 2 is 2.18 bits per heavy atom. The van der Waals surface area contributed by atoms with Crippen LogP contribution in [0.3, 0.4) is 0 Å². The minimum absolute atomic E-state index is 0.143. The quantitative estimate of drug-likeness (QED) is 0.638. The van der Waals surface area contributed by atoms with E-state index in [4.69, 9.17) is 0 Å². The van der Waals surface area contributed by atoms with Crippen molar-refractivity contribution in [1.29, 1.82) is 0 Å². The van der Waals surface area contributed by atoms with Crippen LogP contribution in [0.1, 0.15) is 46.5 Å². The number of nitrogens with one attached hydrogen (secondary N) is 2. The molecule has 0 aliphatic heterocycles. The number of amides is 2. The molecule has 1 aliphatic carbocycles. The van der Waals surface area contributed by atoms with Crippen LogP contribution >= 0.6 is 0 Å². The summed E-state index contributed by atoms with van der Waals surface area (Å²) in [5.74, 6) is 0.898. The monoisotopic (exact) mass is 242 g/mol. The molecule has 0 radical (unpaired) electrons. The third-order valence-electron chi connectivity index (χ3n) is 3.67. The van der Waals surface area contributed by atoms with Gasteiger partial charge in [0.05, 0.1) is 6.10 Å². The number of carbonyl (C=O) groups is 1. The molecule has 17 heavy (non-hydrogen) atoms. The highest BCUT2D eigenvalue weighted by Crippen LogP contribution is 2.34. The molecule has 0 aromatic heterocycles. The van der Waals surface area contributed by atoms with Gasteiger partial charge in [0.2, 0.25) is 0 Å². The van der Waals surface area contributed by atoms with Crippen LogP contribution in [0.4, 0.5) is 4.79 Å². The predicted octanol–water partition coefficient (Wildman–Crippen LogP) is 1.88. The van der Waals surface area contributed by atoms with Gasteiger partial charge in [0.1, 0.15) is 0 Å². The SMILES string of the molecule is CCCC1CC1NC(=O)NCC(O)C(C)CC. The van der Waals surface area contributed by atoms with Crippen LogP contribution in [0.25, 0.3) is 0 Å². The number of aliphatic hydroxyl groups excluding tert-OH is 1. The molecule has 0 bridgehead atoms. The molecule has 1 saturated carbocycles. The first-order chi connectivity index (χ1) is 8.08. The number of hydrogen-bond acceptors (Lipinski definition) is 2. The van der Waals surface area contributed by atoms with Gasteiger partial charge in [0.25, 0.3) is 0 Å². The standard InChI is InChI=1S/C13H26N2O2/c1-4-6-10-7-11(10)15-13(17)14-8-12(16)9(3)5-2/h9-12,16H,4-8H2,1-3H3,(H2,14,15,17). The summed E-state index contributed by atoms with van der Waals surface area (Å²) in [4.78, 5) is 11.5. The molecule has 4 heteroatoms. The molecule has 2 amide bonds. The van der Waals surface area contributed by atoms with Crippen LogP contribution in [-0.2, 0) is 0 Å². The molecule has 100 valence electrons. The van der Waals surface area contributed by atoms with Gasteiger partial charge in [-0.2, -0.15) is 0 Å². The lowest BCUT2D eigenvalue weighted by molar-refractivity contribution is 0.114. The topological polar surface area (TPSA) is 61.4 Å². The van der Waals surface area contributed by atoms with E-state index in [-0.39, 0.29) is 11.9 Å². The lowest BCUT2D eigenvalue weighted by Gasteiger charge is -2.17. The van der Waals surface area contributed by atoms with E-state index in [1.807, 2.05) is 13.8 Å². The zero-order valence-corrected chi connectivity index (χ0v) is 11.2. The first kappa shape index (κ1) is 14.3. The van der Waals surface area contributed by atoms with E-state index < -0.39 is 6.10 Å². The molecule has 1 fully saturated rings. The second-order valence-electron chi connectivity index (χ2n) is 5.20. The van der Waals surface area contributed by atoms with Gasteiger partial charge in [-0.1, -0.05) is 33.6 Å². The van der Waals surface area contributed by atoms with Crippen molar-refractivity contribution in [2.24, 2.45) is 11.8 Å². The largest absolute Gasteiger partial charge is 0.391 e. The van der Waals surface area contributed by atoms with E-state index in [0.29, 0.717) is 18.5 Å². The zero-order valence-electron chi connectivity index (χ0n) is 11.2. The lowest BCUT2D eigenvalue weighted by atomic mass is 10.0. The van der Waals surface area contributed by atoms with Crippen molar-refractivity contribution in [2.45, 2.75) is 58.6 Å². The van der Waals surface area contributed by atoms with Crippen molar-refractivity contribution in [1.82, 2.24) is 10.6 Å². The minimum Gasteiger partial charge on any atom is -0.391 e. The van der Waals surface area contributed by atoms with Crippen molar-refractivity contribution in [3.63, 3.8) is 0 Å². The summed E-state index contributed by atoms with van der Waals surface area (Å²) in [6.07, 6.45) is 3.95. The van der Waals surface area contributed by atoms with Gasteiger partial charge >= 0.3 is 6.03 Å². The molecule has 4 atom stereocenters. The first-order valence-electron chi connectivity index (χ1n) is 6.80. The van der Waals surface area contributed by atoms with E-state index >= 15 is 0 Å². The smallest absolute Gasteiger partial charge is 0.315 e. The van der Waals surface area contributed by atoms with Gasteiger partial charge in [-0.3, -0.25) is 0 Å². The Labute approximate surface area is 104 Å². The molecule has 1 rings (SSSR count). The van der Waals surface area contributed by atoms with E-state index in [9.17, 15) is 9.90 Å². The molecule has 0 aromatic carbocycles. The van der Waals surface area contributed by atoms with Gasteiger partial charge in [0, 0.05) is 12.6 Å². The van der Waals surface area contributed by atoms with Gasteiger partial charge in [-0.25, -0.2) is 4.79 Å². The van der Waals surface area contributed by atoms with E-state index in [2.05, 4.69) is 17.6 Å². The molecule has 0 heterocycles. The van der Waals surface area contributed by atoms with Gasteiger partial charge in [-0.05, 0) is 24.7 Å². The first-order valence-corrected chi connectivity index (χ1v) is 6.80. The minimum atomic E-state index is -0.448. The molecule has 1 aliphatic rings. The molecule has 3 N–H and O–H groups in total. The second-order valence-corrected chi connectivity index (χ2v) is 5.20. The Hall–Kier alpha value is -0.770. The summed E-state index contributed by atoms with van der Waals surface area (Å²) >= 11 is 0. The Morgan fingerprint density at radius 1 is 1.47 bits per heavy atom. The Balaban J connectivity index is 2.10. The summed E-state index contributed by atoms with van der Waals surface area (Å²) in [6.45, 7) is 6.53. The van der Waals surface area contributed by atoms with Crippen LogP contribution in [0, 0.1) is 11.8 Å². The van der Waals surface area contributed by atoms with Gasteiger partial charge in [-0.15, -0.1) is 0 Å². The highest BCUT2D eigenvalue weighted by Gasteiger charge is 2.37. The van der Waals surface area contributed by atoms with Crippen molar-refractivity contribution in [2.75, 3.05) is 6.54 Å². The fourth-order valence-electron chi connectivity index (χ4n) is 2.00. The molecule has 0 aromatic rings. The molecule has 0 saturated heterocycles. The Morgan fingerprint density at radius 3 is 2.76 bits per heavy atom. The summed E-state index contributed by atoms with van der Waals surface area (Å²) in [5, 5.41) is 15.4. The highest BCUT2D eigenvalue weighted by atomic mass is 16.3. The van der Waals surface area contributed by atoms with E-state index in [0.717, 1.165) is 12.8 Å². The third kappa shape index (κ3) is 4.94. The maximum atomic E-state index is 11.5. The summed E-state index contributed by atoms with van der Waals surface area (Å²) in [6, 6.07) is 0.214. The van der Waals surface area contributed by atoms with Crippen LogP contribution in [0.15, 0.2) is 0 Å². The Kier molecular flexibility index (Phi) is 5.75. The third-order valence-corrected chi connectivity index (χ3v) is 3.67. The van der Waals surface area contributed by atoms with Crippen molar-refractivity contribution in [3.8, 4) is 0 Å². The van der Waals surface area contributed by atoms with Crippen molar-refractivity contribution < 1.29 is 9.90 Å². The number of rotatable bonds is 7. The maximum Gasteiger partial charge on any atom is 0.315 e. The summed E-state index contributed by atoms with van der Waals surface area (Å²) < 4.78 is 0. The fraction of sp³-hybridized carbons (Fsp3) is 0.923. The van der Waals surface area contributed by atoms with Crippen LogP contribution in [-0.4, -0.2) is 29.8 Å². The number of carbonyl (C=O) groups excluding carboxylic acids is 1. The second kappa shape index (κ2) is 6.84. The zero-order chi connectivity index (χ0) is 12.8. The highest BCUT2D eigenvalue weighted by molar-refractivity contribution is 5.74. The van der Waals surface area contributed by atoms with Crippen molar-refractivity contribution >= 4 is 6.03 Å². The van der Waals surface area contributed by atoms with Crippen LogP contribution < -0.4 is 10.6 Å². The normalized spacial score (nSPS) is 26.1. The summed E-state index contributed by atoms with van der Waals surface area (Å²) in [7, 11) is 0.